The molecule has 96 valence electrons. The van der Waals surface area contributed by atoms with Crippen molar-refractivity contribution in [3.05, 3.63) is 23.2 Å². The molecular formula is C10H15ClN2O3S. The third kappa shape index (κ3) is 4.16. The molecule has 0 heterocycles. The Morgan fingerprint density at radius 1 is 1.53 bits per heavy atom. The molecule has 0 bridgehead atoms. The molecule has 0 aliphatic rings. The van der Waals surface area contributed by atoms with Crippen LogP contribution in [-0.4, -0.2) is 26.2 Å². The largest absolute Gasteiger partial charge is 0.399 e. The van der Waals surface area contributed by atoms with Crippen LogP contribution in [-0.2, 0) is 10.0 Å². The average Bonchev–Trinajstić information content (AvgIpc) is 2.20. The Morgan fingerprint density at radius 2 is 2.18 bits per heavy atom. The van der Waals surface area contributed by atoms with Crippen LogP contribution in [0.3, 0.4) is 0 Å². The molecule has 1 rings (SSSR count). The van der Waals surface area contributed by atoms with Crippen molar-refractivity contribution in [3.63, 3.8) is 0 Å². The summed E-state index contributed by atoms with van der Waals surface area (Å²) in [5.41, 5.74) is 5.83. The van der Waals surface area contributed by atoms with E-state index in [0.717, 1.165) is 0 Å². The fourth-order valence-corrected chi connectivity index (χ4v) is 2.79. The normalized spacial score (nSPS) is 13.6. The molecule has 0 radical (unpaired) electrons. The number of anilines is 1. The van der Waals surface area contributed by atoms with Crippen molar-refractivity contribution in [2.75, 3.05) is 12.3 Å². The summed E-state index contributed by atoms with van der Waals surface area (Å²) in [5.74, 6) is 0. The van der Waals surface area contributed by atoms with Crippen LogP contribution in [0.15, 0.2) is 23.1 Å². The minimum absolute atomic E-state index is 0.0511. The minimum atomic E-state index is -3.68. The van der Waals surface area contributed by atoms with Crippen molar-refractivity contribution in [2.45, 2.75) is 24.3 Å². The van der Waals surface area contributed by atoms with E-state index in [1.165, 1.54) is 18.2 Å². The molecule has 0 amide bonds. The van der Waals surface area contributed by atoms with Crippen molar-refractivity contribution in [2.24, 2.45) is 0 Å². The monoisotopic (exact) mass is 278 g/mol. The quantitative estimate of drug-likeness (QED) is 0.700. The lowest BCUT2D eigenvalue weighted by Crippen LogP contribution is -2.27. The lowest BCUT2D eigenvalue weighted by Gasteiger charge is -2.09. The summed E-state index contributed by atoms with van der Waals surface area (Å²) in [6.45, 7) is 1.73. The molecule has 0 saturated carbocycles. The maximum Gasteiger partial charge on any atom is 0.242 e. The van der Waals surface area contributed by atoms with Gasteiger partial charge >= 0.3 is 0 Å². The third-order valence-electron chi connectivity index (χ3n) is 2.10. The van der Waals surface area contributed by atoms with Gasteiger partial charge in [-0.2, -0.15) is 0 Å². The fourth-order valence-electron chi connectivity index (χ4n) is 1.21. The van der Waals surface area contributed by atoms with E-state index in [0.29, 0.717) is 12.1 Å². The van der Waals surface area contributed by atoms with Gasteiger partial charge in [0.2, 0.25) is 10.0 Å². The molecule has 1 unspecified atom stereocenters. The SMILES string of the molecule is CC(O)CCNS(=O)(=O)c1cc(N)ccc1Cl. The van der Waals surface area contributed by atoms with Gasteiger partial charge in [-0.25, -0.2) is 13.1 Å². The average molecular weight is 279 g/mol. The first kappa shape index (κ1) is 14.2. The van der Waals surface area contributed by atoms with Gasteiger partial charge in [0.1, 0.15) is 4.90 Å². The van der Waals surface area contributed by atoms with Gasteiger partial charge < -0.3 is 10.8 Å². The fraction of sp³-hybridized carbons (Fsp3) is 0.400. The van der Waals surface area contributed by atoms with Crippen molar-refractivity contribution in [1.82, 2.24) is 4.72 Å². The second kappa shape index (κ2) is 5.68. The minimum Gasteiger partial charge on any atom is -0.399 e. The van der Waals surface area contributed by atoms with Gasteiger partial charge in [-0.05, 0) is 31.5 Å². The molecule has 1 aromatic rings. The number of hydrogen-bond donors (Lipinski definition) is 3. The third-order valence-corrected chi connectivity index (χ3v) is 4.04. The van der Waals surface area contributed by atoms with E-state index in [-0.39, 0.29) is 16.5 Å². The van der Waals surface area contributed by atoms with Crippen molar-refractivity contribution >= 4 is 27.3 Å². The van der Waals surface area contributed by atoms with Crippen LogP contribution >= 0.6 is 11.6 Å². The summed E-state index contributed by atoms with van der Waals surface area (Å²) in [6.07, 6.45) is -0.229. The molecule has 0 spiro atoms. The molecule has 7 heteroatoms. The zero-order chi connectivity index (χ0) is 13.1. The number of nitrogens with two attached hydrogens (primary N) is 1. The van der Waals surface area contributed by atoms with Crippen LogP contribution in [0.5, 0.6) is 0 Å². The molecule has 0 fully saturated rings. The molecule has 5 nitrogen and oxygen atoms in total. The van der Waals surface area contributed by atoms with Gasteiger partial charge in [0.15, 0.2) is 0 Å². The zero-order valence-corrected chi connectivity index (χ0v) is 10.9. The van der Waals surface area contributed by atoms with Gasteiger partial charge in [0, 0.05) is 12.2 Å². The van der Waals surface area contributed by atoms with E-state index in [1.54, 1.807) is 6.92 Å². The van der Waals surface area contributed by atoms with Crippen LogP contribution in [0.2, 0.25) is 5.02 Å². The van der Waals surface area contributed by atoms with E-state index in [9.17, 15) is 8.42 Å². The molecule has 4 N–H and O–H groups in total. The van der Waals surface area contributed by atoms with Crippen LogP contribution < -0.4 is 10.5 Å². The first-order valence-corrected chi connectivity index (χ1v) is 6.92. The number of halogens is 1. The number of sulfonamides is 1. The second-order valence-corrected chi connectivity index (χ2v) is 5.87. The van der Waals surface area contributed by atoms with Crippen LogP contribution in [0.1, 0.15) is 13.3 Å². The van der Waals surface area contributed by atoms with E-state index in [4.69, 9.17) is 22.4 Å². The highest BCUT2D eigenvalue weighted by molar-refractivity contribution is 7.89. The summed E-state index contributed by atoms with van der Waals surface area (Å²) < 4.78 is 26.1. The van der Waals surface area contributed by atoms with E-state index < -0.39 is 16.1 Å². The predicted molar refractivity (Wildman–Crippen MR) is 67.4 cm³/mol. The lowest BCUT2D eigenvalue weighted by molar-refractivity contribution is 0.186. The Morgan fingerprint density at radius 3 is 2.76 bits per heavy atom. The summed E-state index contributed by atoms with van der Waals surface area (Å²) in [5, 5.41) is 9.15. The Labute approximate surface area is 106 Å². The van der Waals surface area contributed by atoms with E-state index >= 15 is 0 Å². The highest BCUT2D eigenvalue weighted by atomic mass is 35.5. The summed E-state index contributed by atoms with van der Waals surface area (Å²) in [6, 6.07) is 4.25. The standard InChI is InChI=1S/C10H15ClN2O3S/c1-7(14)4-5-13-17(15,16)10-6-8(12)2-3-9(10)11/h2-3,6-7,13-14H,4-5,12H2,1H3. The number of nitrogens with one attached hydrogen (secondary N) is 1. The number of nitrogen functional groups attached to an aromatic ring is 1. The van der Waals surface area contributed by atoms with Crippen molar-refractivity contribution < 1.29 is 13.5 Å². The van der Waals surface area contributed by atoms with Crippen molar-refractivity contribution in [3.8, 4) is 0 Å². The van der Waals surface area contributed by atoms with Crippen LogP contribution in [0, 0.1) is 0 Å². The Bertz CT molecular complexity index is 488. The molecule has 0 aromatic heterocycles. The maximum atomic E-state index is 11.9. The Kier molecular flexibility index (Phi) is 4.76. The summed E-state index contributed by atoms with van der Waals surface area (Å²) >= 11 is 5.80. The van der Waals surface area contributed by atoms with Gasteiger partial charge in [0.05, 0.1) is 11.1 Å². The first-order chi connectivity index (χ1) is 7.83. The van der Waals surface area contributed by atoms with Gasteiger partial charge in [0.25, 0.3) is 0 Å². The molecule has 1 aromatic carbocycles. The molecule has 1 atom stereocenters. The van der Waals surface area contributed by atoms with E-state index in [1.807, 2.05) is 0 Å². The van der Waals surface area contributed by atoms with Gasteiger partial charge in [-0.3, -0.25) is 0 Å². The first-order valence-electron chi connectivity index (χ1n) is 5.05. The summed E-state index contributed by atoms with van der Waals surface area (Å²) in [7, 11) is -3.68. The molecule has 0 aliphatic heterocycles. The number of hydrogen-bond acceptors (Lipinski definition) is 4. The smallest absolute Gasteiger partial charge is 0.242 e. The lowest BCUT2D eigenvalue weighted by atomic mass is 10.3. The number of aliphatic hydroxyl groups excluding tert-OH is 1. The number of benzene rings is 1. The second-order valence-electron chi connectivity index (χ2n) is 3.73. The topological polar surface area (TPSA) is 92.4 Å². The number of aliphatic hydroxyl groups is 1. The summed E-state index contributed by atoms with van der Waals surface area (Å²) in [4.78, 5) is -0.0511. The highest BCUT2D eigenvalue weighted by Gasteiger charge is 2.17. The molecule has 17 heavy (non-hydrogen) atoms. The van der Waals surface area contributed by atoms with Gasteiger partial charge in [-0.15, -0.1) is 0 Å². The maximum absolute atomic E-state index is 11.9. The van der Waals surface area contributed by atoms with Gasteiger partial charge in [-0.1, -0.05) is 11.6 Å². The highest BCUT2D eigenvalue weighted by Crippen LogP contribution is 2.23. The molecule has 0 saturated heterocycles. The van der Waals surface area contributed by atoms with Crippen LogP contribution in [0.25, 0.3) is 0 Å². The van der Waals surface area contributed by atoms with E-state index in [2.05, 4.69) is 4.72 Å². The van der Waals surface area contributed by atoms with Crippen molar-refractivity contribution in [1.29, 1.82) is 0 Å². The zero-order valence-electron chi connectivity index (χ0n) is 9.35. The molecule has 0 aliphatic carbocycles. The van der Waals surface area contributed by atoms with Crippen LogP contribution in [0.4, 0.5) is 5.69 Å². The number of rotatable bonds is 5. The predicted octanol–water partition coefficient (Wildman–Crippen LogP) is 0.971. The Hall–Kier alpha value is -0.820. The Balaban J connectivity index is 2.86. The molecular weight excluding hydrogens is 264 g/mol.